The number of nitrogens with zero attached hydrogens (tertiary/aromatic N) is 4. The van der Waals surface area contributed by atoms with Crippen LogP contribution in [0.1, 0.15) is 31.2 Å². The topological polar surface area (TPSA) is 69.6 Å². The Labute approximate surface area is 94.3 Å². The van der Waals surface area contributed by atoms with Crippen LogP contribution in [0.2, 0.25) is 0 Å². The molecule has 0 bridgehead atoms. The highest BCUT2D eigenvalue weighted by molar-refractivity contribution is 5.37. The van der Waals surface area contributed by atoms with Gasteiger partial charge in [0.25, 0.3) is 0 Å². The Balaban J connectivity index is 2.49. The van der Waals surface area contributed by atoms with Gasteiger partial charge in [0, 0.05) is 18.2 Å². The minimum atomic E-state index is 0.249. The van der Waals surface area contributed by atoms with Crippen molar-refractivity contribution in [1.82, 2.24) is 19.7 Å². The molecule has 0 radical (unpaired) electrons. The fourth-order valence-corrected chi connectivity index (χ4v) is 1.39. The lowest BCUT2D eigenvalue weighted by Gasteiger charge is -2.07. The normalized spacial score (nSPS) is 11.0. The van der Waals surface area contributed by atoms with E-state index >= 15 is 0 Å². The van der Waals surface area contributed by atoms with E-state index in [1.165, 1.54) is 0 Å². The summed E-state index contributed by atoms with van der Waals surface area (Å²) in [4.78, 5) is 8.62. The van der Waals surface area contributed by atoms with Crippen LogP contribution in [-0.4, -0.2) is 19.7 Å². The first-order valence-electron chi connectivity index (χ1n) is 5.22. The molecule has 2 rings (SSSR count). The molecule has 0 fully saturated rings. The smallest absolute Gasteiger partial charge is 0.159 e. The summed E-state index contributed by atoms with van der Waals surface area (Å²) in [7, 11) is 0. The zero-order chi connectivity index (χ0) is 11.7. The van der Waals surface area contributed by atoms with Gasteiger partial charge in [-0.25, -0.2) is 14.6 Å². The van der Waals surface area contributed by atoms with Crippen LogP contribution in [0.15, 0.2) is 18.5 Å². The average Bonchev–Trinajstić information content (AvgIpc) is 2.64. The van der Waals surface area contributed by atoms with Gasteiger partial charge < -0.3 is 5.73 Å². The molecular weight excluding hydrogens is 202 g/mol. The summed E-state index contributed by atoms with van der Waals surface area (Å²) in [6.07, 6.45) is 3.69. The van der Waals surface area contributed by atoms with E-state index in [2.05, 4.69) is 15.1 Å². The summed E-state index contributed by atoms with van der Waals surface area (Å²) in [5, 5.41) is 4.20. The second-order valence-electron chi connectivity index (χ2n) is 4.13. The monoisotopic (exact) mass is 217 g/mol. The molecule has 0 spiro atoms. The third-order valence-corrected chi connectivity index (χ3v) is 2.21. The predicted octanol–water partition coefficient (Wildman–Crippen LogP) is 1.68. The van der Waals surface area contributed by atoms with Crippen molar-refractivity contribution < 1.29 is 0 Å². The van der Waals surface area contributed by atoms with Crippen LogP contribution < -0.4 is 5.73 Å². The second kappa shape index (κ2) is 3.92. The van der Waals surface area contributed by atoms with Gasteiger partial charge in [0.05, 0.1) is 6.20 Å². The maximum atomic E-state index is 5.75. The summed E-state index contributed by atoms with van der Waals surface area (Å²) in [5.74, 6) is 2.17. The van der Waals surface area contributed by atoms with Gasteiger partial charge in [0.15, 0.2) is 5.82 Å². The van der Waals surface area contributed by atoms with Crippen LogP contribution in [0.5, 0.6) is 0 Å². The molecule has 5 heteroatoms. The van der Waals surface area contributed by atoms with Crippen LogP contribution in [0.25, 0.3) is 5.82 Å². The lowest BCUT2D eigenvalue weighted by atomic mass is 10.2. The number of hydrogen-bond donors (Lipinski definition) is 1. The van der Waals surface area contributed by atoms with Crippen molar-refractivity contribution in [2.45, 2.75) is 26.7 Å². The molecule has 0 unspecified atom stereocenters. The van der Waals surface area contributed by atoms with E-state index in [0.717, 1.165) is 11.4 Å². The summed E-state index contributed by atoms with van der Waals surface area (Å²) >= 11 is 0. The maximum Gasteiger partial charge on any atom is 0.159 e. The van der Waals surface area contributed by atoms with Gasteiger partial charge in [0.1, 0.15) is 11.6 Å². The standard InChI is InChI=1S/C11H15N5/c1-7(2)11-14-9(12)4-10(15-11)16-6-8(3)5-13-16/h4-7H,1-3H3,(H2,12,14,15). The van der Waals surface area contributed by atoms with Crippen molar-refractivity contribution in [3.05, 3.63) is 29.8 Å². The van der Waals surface area contributed by atoms with Crippen LogP contribution in [0, 0.1) is 6.92 Å². The van der Waals surface area contributed by atoms with Crippen molar-refractivity contribution >= 4 is 5.82 Å². The molecule has 2 N–H and O–H groups in total. The largest absolute Gasteiger partial charge is 0.384 e. The van der Waals surface area contributed by atoms with E-state index in [4.69, 9.17) is 5.73 Å². The minimum absolute atomic E-state index is 0.249. The van der Waals surface area contributed by atoms with Crippen LogP contribution in [0.4, 0.5) is 5.82 Å². The molecule has 2 aromatic heterocycles. The Kier molecular flexibility index (Phi) is 2.60. The van der Waals surface area contributed by atoms with Gasteiger partial charge in [0.2, 0.25) is 0 Å². The first-order chi connectivity index (χ1) is 7.56. The third-order valence-electron chi connectivity index (χ3n) is 2.21. The number of hydrogen-bond acceptors (Lipinski definition) is 4. The highest BCUT2D eigenvalue weighted by Gasteiger charge is 2.08. The molecule has 0 aromatic carbocycles. The zero-order valence-corrected chi connectivity index (χ0v) is 9.68. The Bertz CT molecular complexity index is 501. The molecule has 0 amide bonds. The molecule has 2 heterocycles. The summed E-state index contributed by atoms with van der Waals surface area (Å²) in [6.45, 7) is 6.05. The molecule has 0 atom stereocenters. The number of anilines is 1. The van der Waals surface area contributed by atoms with Gasteiger partial charge >= 0.3 is 0 Å². The fourth-order valence-electron chi connectivity index (χ4n) is 1.39. The molecule has 0 saturated carbocycles. The van der Waals surface area contributed by atoms with E-state index in [0.29, 0.717) is 11.6 Å². The number of aromatic nitrogens is 4. The summed E-state index contributed by atoms with van der Waals surface area (Å²) < 4.78 is 1.71. The molecule has 5 nitrogen and oxygen atoms in total. The van der Waals surface area contributed by atoms with Crippen molar-refractivity contribution in [3.63, 3.8) is 0 Å². The van der Waals surface area contributed by atoms with E-state index in [9.17, 15) is 0 Å². The van der Waals surface area contributed by atoms with Crippen LogP contribution in [-0.2, 0) is 0 Å². The third kappa shape index (κ3) is 2.03. The molecular formula is C11H15N5. The molecule has 0 aliphatic carbocycles. The zero-order valence-electron chi connectivity index (χ0n) is 9.68. The lowest BCUT2D eigenvalue weighted by molar-refractivity contribution is 0.748. The first kappa shape index (κ1) is 10.6. The molecule has 84 valence electrons. The van der Waals surface area contributed by atoms with Crippen molar-refractivity contribution in [1.29, 1.82) is 0 Å². The van der Waals surface area contributed by atoms with Gasteiger partial charge in [-0.2, -0.15) is 5.10 Å². The minimum Gasteiger partial charge on any atom is -0.384 e. The van der Waals surface area contributed by atoms with Gasteiger partial charge in [-0.1, -0.05) is 13.8 Å². The summed E-state index contributed by atoms with van der Waals surface area (Å²) in [6, 6.07) is 1.72. The predicted molar refractivity (Wildman–Crippen MR) is 62.4 cm³/mol. The molecule has 2 aromatic rings. The van der Waals surface area contributed by atoms with Crippen LogP contribution >= 0.6 is 0 Å². The quantitative estimate of drug-likeness (QED) is 0.830. The highest BCUT2D eigenvalue weighted by atomic mass is 15.3. The Morgan fingerprint density at radius 2 is 2.06 bits per heavy atom. The van der Waals surface area contributed by atoms with E-state index in [1.54, 1.807) is 16.9 Å². The van der Waals surface area contributed by atoms with E-state index in [1.807, 2.05) is 27.0 Å². The maximum absolute atomic E-state index is 5.75. The number of aryl methyl sites for hydroxylation is 1. The lowest BCUT2D eigenvalue weighted by Crippen LogP contribution is -2.07. The van der Waals surface area contributed by atoms with E-state index in [-0.39, 0.29) is 5.92 Å². The SMILES string of the molecule is Cc1cnn(-c2cc(N)nc(C(C)C)n2)c1. The van der Waals surface area contributed by atoms with Crippen LogP contribution in [0.3, 0.4) is 0 Å². The van der Waals surface area contributed by atoms with Crippen molar-refractivity contribution in [2.24, 2.45) is 0 Å². The number of nitrogens with two attached hydrogens (primary N) is 1. The van der Waals surface area contributed by atoms with Crippen molar-refractivity contribution in [3.8, 4) is 5.82 Å². The molecule has 16 heavy (non-hydrogen) atoms. The highest BCUT2D eigenvalue weighted by Crippen LogP contribution is 2.14. The summed E-state index contributed by atoms with van der Waals surface area (Å²) in [5.41, 5.74) is 6.84. The van der Waals surface area contributed by atoms with Gasteiger partial charge in [-0.3, -0.25) is 0 Å². The fraction of sp³-hybridized carbons (Fsp3) is 0.364. The van der Waals surface area contributed by atoms with Crippen molar-refractivity contribution in [2.75, 3.05) is 5.73 Å². The first-order valence-corrected chi connectivity index (χ1v) is 5.22. The Hall–Kier alpha value is -1.91. The Morgan fingerprint density at radius 1 is 1.31 bits per heavy atom. The number of nitrogen functional groups attached to an aromatic ring is 1. The van der Waals surface area contributed by atoms with Gasteiger partial charge in [-0.05, 0) is 12.5 Å². The second-order valence-corrected chi connectivity index (χ2v) is 4.13. The molecule has 0 saturated heterocycles. The molecule has 0 aliphatic rings. The Morgan fingerprint density at radius 3 is 2.62 bits per heavy atom. The van der Waals surface area contributed by atoms with E-state index < -0.39 is 0 Å². The average molecular weight is 217 g/mol. The molecule has 0 aliphatic heterocycles. The number of rotatable bonds is 2. The van der Waals surface area contributed by atoms with Gasteiger partial charge in [-0.15, -0.1) is 0 Å².